The second kappa shape index (κ2) is 4.08. The molecule has 0 amide bonds. The fourth-order valence-corrected chi connectivity index (χ4v) is 1.75. The molecule has 0 saturated heterocycles. The number of methoxy groups -OCH3 is 1. The molecule has 92 valence electrons. The quantitative estimate of drug-likeness (QED) is 0.863. The molecule has 0 spiro atoms. The average Bonchev–Trinajstić information content (AvgIpc) is 2.68. The molecule has 1 aromatic heterocycles. The third kappa shape index (κ3) is 2.29. The first-order valence-electron chi connectivity index (χ1n) is 5.75. The molecule has 17 heavy (non-hydrogen) atoms. The van der Waals surface area contributed by atoms with Gasteiger partial charge in [-0.3, -0.25) is 0 Å². The number of rotatable bonds is 2. The summed E-state index contributed by atoms with van der Waals surface area (Å²) in [5, 5.41) is 1.03. The van der Waals surface area contributed by atoms with Gasteiger partial charge < -0.3 is 14.9 Å². The molecule has 0 bridgehead atoms. The molecule has 0 fully saturated rings. The maximum atomic E-state index is 6.18. The minimum atomic E-state index is -0.110. The van der Waals surface area contributed by atoms with Crippen molar-refractivity contribution >= 4 is 11.0 Å². The summed E-state index contributed by atoms with van der Waals surface area (Å²) in [4.78, 5) is 0. The minimum absolute atomic E-state index is 0.0159. The van der Waals surface area contributed by atoms with Crippen LogP contribution >= 0.6 is 0 Å². The van der Waals surface area contributed by atoms with Gasteiger partial charge in [-0.2, -0.15) is 0 Å². The van der Waals surface area contributed by atoms with E-state index in [-0.39, 0.29) is 11.5 Å². The van der Waals surface area contributed by atoms with Gasteiger partial charge in [0.25, 0.3) is 0 Å². The number of benzene rings is 1. The van der Waals surface area contributed by atoms with E-state index >= 15 is 0 Å². The van der Waals surface area contributed by atoms with Gasteiger partial charge in [-0.1, -0.05) is 20.8 Å². The van der Waals surface area contributed by atoms with Gasteiger partial charge in [0, 0.05) is 5.39 Å². The Morgan fingerprint density at radius 2 is 1.94 bits per heavy atom. The summed E-state index contributed by atoms with van der Waals surface area (Å²) in [5.74, 6) is 1.65. The first kappa shape index (κ1) is 12.0. The van der Waals surface area contributed by atoms with E-state index in [4.69, 9.17) is 14.9 Å². The first-order valence-corrected chi connectivity index (χ1v) is 5.75. The second-order valence-corrected chi connectivity index (χ2v) is 5.40. The molecule has 2 rings (SSSR count). The van der Waals surface area contributed by atoms with E-state index in [9.17, 15) is 0 Å². The zero-order valence-electron chi connectivity index (χ0n) is 10.8. The highest BCUT2D eigenvalue weighted by Crippen LogP contribution is 2.34. The molecule has 1 heterocycles. The fraction of sp³-hybridized carbons (Fsp3) is 0.429. The Hall–Kier alpha value is -1.48. The van der Waals surface area contributed by atoms with Crippen LogP contribution in [0.1, 0.15) is 32.6 Å². The van der Waals surface area contributed by atoms with E-state index in [1.807, 2.05) is 24.3 Å². The van der Waals surface area contributed by atoms with E-state index in [2.05, 4.69) is 20.8 Å². The Kier molecular flexibility index (Phi) is 2.87. The van der Waals surface area contributed by atoms with Gasteiger partial charge in [0.1, 0.15) is 17.1 Å². The zero-order chi connectivity index (χ0) is 12.6. The van der Waals surface area contributed by atoms with Crippen molar-refractivity contribution in [3.63, 3.8) is 0 Å². The summed E-state index contributed by atoms with van der Waals surface area (Å²) in [5.41, 5.74) is 7.01. The van der Waals surface area contributed by atoms with Crippen molar-refractivity contribution in [1.29, 1.82) is 0 Å². The van der Waals surface area contributed by atoms with Crippen molar-refractivity contribution in [3.8, 4) is 5.75 Å². The predicted octanol–water partition coefficient (Wildman–Crippen LogP) is 3.49. The lowest BCUT2D eigenvalue weighted by atomic mass is 9.86. The lowest BCUT2D eigenvalue weighted by molar-refractivity contribution is 0.290. The van der Waals surface area contributed by atoms with Crippen LogP contribution in [0.25, 0.3) is 11.0 Å². The molecule has 3 heteroatoms. The Labute approximate surface area is 102 Å². The maximum absolute atomic E-state index is 6.18. The largest absolute Gasteiger partial charge is 0.497 e. The van der Waals surface area contributed by atoms with Crippen LogP contribution in [-0.4, -0.2) is 7.11 Å². The molecule has 0 aliphatic rings. The number of furan rings is 1. The topological polar surface area (TPSA) is 48.4 Å². The Bertz CT molecular complexity index is 522. The van der Waals surface area contributed by atoms with Gasteiger partial charge in [0.2, 0.25) is 0 Å². The molecular formula is C14H19NO2. The third-order valence-corrected chi connectivity index (χ3v) is 2.98. The molecule has 1 aromatic carbocycles. The SMILES string of the molecule is COc1ccc2oc(C(N)C(C)(C)C)cc2c1. The standard InChI is InChI=1S/C14H19NO2/c1-14(2,3)13(15)12-8-9-7-10(16-4)5-6-11(9)17-12/h5-8,13H,15H2,1-4H3. The monoisotopic (exact) mass is 233 g/mol. The van der Waals surface area contributed by atoms with Gasteiger partial charge in [-0.25, -0.2) is 0 Å². The van der Waals surface area contributed by atoms with Crippen molar-refractivity contribution in [2.45, 2.75) is 26.8 Å². The summed E-state index contributed by atoms with van der Waals surface area (Å²) in [6, 6.07) is 7.64. The first-order chi connectivity index (χ1) is 7.91. The number of hydrogen-bond acceptors (Lipinski definition) is 3. The third-order valence-electron chi connectivity index (χ3n) is 2.98. The van der Waals surface area contributed by atoms with Crippen LogP contribution in [0, 0.1) is 5.41 Å². The van der Waals surface area contributed by atoms with Crippen LogP contribution in [0.3, 0.4) is 0 Å². The van der Waals surface area contributed by atoms with Crippen LogP contribution < -0.4 is 10.5 Å². The summed E-state index contributed by atoms with van der Waals surface area (Å²) in [7, 11) is 1.66. The zero-order valence-corrected chi connectivity index (χ0v) is 10.8. The van der Waals surface area contributed by atoms with E-state index < -0.39 is 0 Å². The highest BCUT2D eigenvalue weighted by atomic mass is 16.5. The Balaban J connectivity index is 2.44. The normalized spacial score (nSPS) is 13.9. The molecular weight excluding hydrogens is 214 g/mol. The molecule has 2 N–H and O–H groups in total. The van der Waals surface area contributed by atoms with Gasteiger partial charge in [0.15, 0.2) is 0 Å². The second-order valence-electron chi connectivity index (χ2n) is 5.40. The van der Waals surface area contributed by atoms with Gasteiger partial charge >= 0.3 is 0 Å². The Morgan fingerprint density at radius 1 is 1.24 bits per heavy atom. The van der Waals surface area contributed by atoms with Crippen LogP contribution in [-0.2, 0) is 0 Å². The molecule has 3 nitrogen and oxygen atoms in total. The van der Waals surface area contributed by atoms with Crippen LogP contribution in [0.15, 0.2) is 28.7 Å². The predicted molar refractivity (Wildman–Crippen MR) is 69.1 cm³/mol. The van der Waals surface area contributed by atoms with Crippen molar-refractivity contribution in [2.75, 3.05) is 7.11 Å². The van der Waals surface area contributed by atoms with Crippen LogP contribution in [0.2, 0.25) is 0 Å². The molecule has 1 atom stereocenters. The number of ether oxygens (including phenoxy) is 1. The van der Waals surface area contributed by atoms with Crippen molar-refractivity contribution < 1.29 is 9.15 Å². The maximum Gasteiger partial charge on any atom is 0.134 e. The summed E-state index contributed by atoms with van der Waals surface area (Å²) >= 11 is 0. The van der Waals surface area contributed by atoms with Gasteiger partial charge in [-0.15, -0.1) is 0 Å². The number of hydrogen-bond donors (Lipinski definition) is 1. The van der Waals surface area contributed by atoms with Gasteiger partial charge in [-0.05, 0) is 29.7 Å². The van der Waals surface area contributed by atoms with Gasteiger partial charge in [0.05, 0.1) is 13.2 Å². The number of fused-ring (bicyclic) bond motifs is 1. The lowest BCUT2D eigenvalue weighted by Gasteiger charge is -2.24. The molecule has 2 aromatic rings. The summed E-state index contributed by atoms with van der Waals surface area (Å²) in [6.45, 7) is 6.31. The highest BCUT2D eigenvalue weighted by Gasteiger charge is 2.25. The van der Waals surface area contributed by atoms with E-state index in [0.29, 0.717) is 0 Å². The van der Waals surface area contributed by atoms with Crippen LogP contribution in [0.5, 0.6) is 5.75 Å². The summed E-state index contributed by atoms with van der Waals surface area (Å²) in [6.07, 6.45) is 0. The molecule has 0 saturated carbocycles. The lowest BCUT2D eigenvalue weighted by Crippen LogP contribution is -2.25. The van der Waals surface area contributed by atoms with Crippen molar-refractivity contribution in [3.05, 3.63) is 30.0 Å². The van der Waals surface area contributed by atoms with E-state index in [0.717, 1.165) is 22.5 Å². The molecule has 1 unspecified atom stereocenters. The smallest absolute Gasteiger partial charge is 0.134 e. The van der Waals surface area contributed by atoms with E-state index in [1.165, 1.54) is 0 Å². The minimum Gasteiger partial charge on any atom is -0.497 e. The highest BCUT2D eigenvalue weighted by molar-refractivity contribution is 5.79. The molecule has 0 radical (unpaired) electrons. The fourth-order valence-electron chi connectivity index (χ4n) is 1.75. The average molecular weight is 233 g/mol. The number of nitrogens with two attached hydrogens (primary N) is 1. The Morgan fingerprint density at radius 3 is 2.53 bits per heavy atom. The summed E-state index contributed by atoms with van der Waals surface area (Å²) < 4.78 is 11.0. The van der Waals surface area contributed by atoms with E-state index in [1.54, 1.807) is 7.11 Å². The molecule has 0 aliphatic heterocycles. The molecule has 0 aliphatic carbocycles. The van der Waals surface area contributed by atoms with Crippen molar-refractivity contribution in [1.82, 2.24) is 0 Å². The van der Waals surface area contributed by atoms with Crippen molar-refractivity contribution in [2.24, 2.45) is 11.1 Å². The van der Waals surface area contributed by atoms with Crippen LogP contribution in [0.4, 0.5) is 0 Å².